The third-order valence-electron chi connectivity index (χ3n) is 4.31. The van der Waals surface area contributed by atoms with Crippen molar-refractivity contribution in [2.75, 3.05) is 37.7 Å². The van der Waals surface area contributed by atoms with E-state index in [1.54, 1.807) is 25.1 Å². The van der Waals surface area contributed by atoms with E-state index in [9.17, 15) is 14.0 Å². The Bertz CT molecular complexity index is 802. The van der Waals surface area contributed by atoms with Gasteiger partial charge in [-0.15, -0.1) is 0 Å². The van der Waals surface area contributed by atoms with Crippen LogP contribution >= 0.6 is 0 Å². The topological polar surface area (TPSA) is 59.1 Å². The number of ether oxygens (including phenoxy) is 2. The van der Waals surface area contributed by atoms with Crippen LogP contribution in [0.1, 0.15) is 6.92 Å². The summed E-state index contributed by atoms with van der Waals surface area (Å²) < 4.78 is 23.5. The Hall–Kier alpha value is -3.09. The third kappa shape index (κ3) is 5.20. The van der Waals surface area contributed by atoms with Gasteiger partial charge in [0.25, 0.3) is 0 Å². The number of esters is 1. The van der Waals surface area contributed by atoms with Gasteiger partial charge in [0.15, 0.2) is 6.61 Å². The highest BCUT2D eigenvalue weighted by Crippen LogP contribution is 2.21. The highest BCUT2D eigenvalue weighted by molar-refractivity contribution is 5.74. The second-order valence-corrected chi connectivity index (χ2v) is 6.21. The maximum Gasteiger partial charge on any atom is 0.349 e. The average molecular weight is 372 g/mol. The lowest BCUT2D eigenvalue weighted by atomic mass is 10.2. The number of benzene rings is 2. The Balaban J connectivity index is 1.49. The van der Waals surface area contributed by atoms with Gasteiger partial charge in [-0.3, -0.25) is 4.79 Å². The highest BCUT2D eigenvalue weighted by atomic mass is 19.1. The Morgan fingerprint density at radius 2 is 1.70 bits per heavy atom. The van der Waals surface area contributed by atoms with Gasteiger partial charge in [0, 0.05) is 44.9 Å². The molecule has 0 radical (unpaired) electrons. The fraction of sp³-hybridized carbons (Fsp3) is 0.300. The summed E-state index contributed by atoms with van der Waals surface area (Å²) >= 11 is 0. The zero-order valence-electron chi connectivity index (χ0n) is 15.1. The van der Waals surface area contributed by atoms with Crippen LogP contribution in [0.25, 0.3) is 0 Å². The Labute approximate surface area is 157 Å². The zero-order valence-corrected chi connectivity index (χ0v) is 15.1. The van der Waals surface area contributed by atoms with Gasteiger partial charge in [0.05, 0.1) is 0 Å². The standard InChI is InChI=1S/C20H21FN2O4/c1-15(24)22-9-11-23(12-10-22)17-5-7-18(8-6-17)27-20(25)14-26-19-4-2-3-16(21)13-19/h2-8,13H,9-12,14H2,1H3. The van der Waals surface area contributed by atoms with Crippen molar-refractivity contribution < 1.29 is 23.5 Å². The fourth-order valence-electron chi connectivity index (χ4n) is 2.86. The largest absolute Gasteiger partial charge is 0.482 e. The summed E-state index contributed by atoms with van der Waals surface area (Å²) in [5.41, 5.74) is 1.01. The predicted molar refractivity (Wildman–Crippen MR) is 98.4 cm³/mol. The molecule has 0 aliphatic carbocycles. The van der Waals surface area contributed by atoms with Crippen LogP contribution in [0.5, 0.6) is 11.5 Å². The maximum absolute atomic E-state index is 13.1. The van der Waals surface area contributed by atoms with E-state index >= 15 is 0 Å². The zero-order chi connectivity index (χ0) is 19.2. The molecule has 0 aromatic heterocycles. The van der Waals surface area contributed by atoms with Crippen LogP contribution in [-0.2, 0) is 9.59 Å². The van der Waals surface area contributed by atoms with E-state index in [1.807, 2.05) is 17.0 Å². The molecule has 1 aliphatic heterocycles. The SMILES string of the molecule is CC(=O)N1CCN(c2ccc(OC(=O)COc3cccc(F)c3)cc2)CC1. The summed E-state index contributed by atoms with van der Waals surface area (Å²) in [5.74, 6) is -0.221. The van der Waals surface area contributed by atoms with Gasteiger partial charge in [-0.2, -0.15) is 0 Å². The normalized spacial score (nSPS) is 14.0. The van der Waals surface area contributed by atoms with E-state index in [1.165, 1.54) is 18.2 Å². The number of hydrogen-bond donors (Lipinski definition) is 0. The summed E-state index contributed by atoms with van der Waals surface area (Å²) in [6.45, 7) is 4.20. The lowest BCUT2D eigenvalue weighted by Crippen LogP contribution is -2.48. The molecule has 0 spiro atoms. The monoisotopic (exact) mass is 372 g/mol. The number of carbonyl (C=O) groups is 2. The lowest BCUT2D eigenvalue weighted by Gasteiger charge is -2.35. The molecule has 7 heteroatoms. The highest BCUT2D eigenvalue weighted by Gasteiger charge is 2.18. The number of carbonyl (C=O) groups excluding carboxylic acids is 2. The molecule has 0 saturated carbocycles. The van der Waals surface area contributed by atoms with Crippen molar-refractivity contribution in [1.82, 2.24) is 4.90 Å². The molecule has 1 fully saturated rings. The van der Waals surface area contributed by atoms with Crippen LogP contribution in [0, 0.1) is 5.82 Å². The van der Waals surface area contributed by atoms with Crippen molar-refractivity contribution in [2.24, 2.45) is 0 Å². The summed E-state index contributed by atoms with van der Waals surface area (Å²) in [5, 5.41) is 0. The van der Waals surface area contributed by atoms with E-state index < -0.39 is 11.8 Å². The van der Waals surface area contributed by atoms with Crippen molar-refractivity contribution in [2.45, 2.75) is 6.92 Å². The van der Waals surface area contributed by atoms with E-state index in [4.69, 9.17) is 9.47 Å². The van der Waals surface area contributed by atoms with Gasteiger partial charge in [-0.05, 0) is 36.4 Å². The fourth-order valence-corrected chi connectivity index (χ4v) is 2.86. The van der Waals surface area contributed by atoms with E-state index in [-0.39, 0.29) is 18.3 Å². The number of anilines is 1. The number of hydrogen-bond acceptors (Lipinski definition) is 5. The van der Waals surface area contributed by atoms with Gasteiger partial charge in [0.1, 0.15) is 17.3 Å². The Morgan fingerprint density at radius 1 is 1.00 bits per heavy atom. The van der Waals surface area contributed by atoms with Crippen LogP contribution in [0.3, 0.4) is 0 Å². The van der Waals surface area contributed by atoms with Crippen LogP contribution in [0.15, 0.2) is 48.5 Å². The Kier molecular flexibility index (Phi) is 5.90. The maximum atomic E-state index is 13.1. The van der Waals surface area contributed by atoms with Gasteiger partial charge < -0.3 is 19.3 Å². The van der Waals surface area contributed by atoms with Crippen LogP contribution < -0.4 is 14.4 Å². The first kappa shape index (κ1) is 18.7. The van der Waals surface area contributed by atoms with E-state index in [2.05, 4.69) is 4.90 Å². The van der Waals surface area contributed by atoms with Crippen LogP contribution in [-0.4, -0.2) is 49.6 Å². The summed E-state index contributed by atoms with van der Waals surface area (Å²) in [6, 6.07) is 12.8. The Morgan fingerprint density at radius 3 is 2.33 bits per heavy atom. The minimum absolute atomic E-state index is 0.0948. The number of amides is 1. The van der Waals surface area contributed by atoms with Crippen molar-refractivity contribution in [3.05, 3.63) is 54.3 Å². The second kappa shape index (κ2) is 8.53. The summed E-state index contributed by atoms with van der Waals surface area (Å²) in [4.78, 5) is 27.3. The number of rotatable bonds is 5. The summed E-state index contributed by atoms with van der Waals surface area (Å²) in [7, 11) is 0. The molecule has 0 atom stereocenters. The molecule has 2 aromatic carbocycles. The first-order valence-corrected chi connectivity index (χ1v) is 8.71. The molecule has 1 saturated heterocycles. The van der Waals surface area contributed by atoms with Gasteiger partial charge in [-0.25, -0.2) is 9.18 Å². The molecule has 1 heterocycles. The smallest absolute Gasteiger partial charge is 0.349 e. The van der Waals surface area contributed by atoms with Crippen molar-refractivity contribution in [3.8, 4) is 11.5 Å². The van der Waals surface area contributed by atoms with Crippen LogP contribution in [0.2, 0.25) is 0 Å². The van der Waals surface area contributed by atoms with Gasteiger partial charge in [0.2, 0.25) is 5.91 Å². The van der Waals surface area contributed by atoms with Crippen molar-refractivity contribution >= 4 is 17.6 Å². The first-order valence-electron chi connectivity index (χ1n) is 8.71. The molecule has 0 N–H and O–H groups in total. The number of nitrogens with zero attached hydrogens (tertiary/aromatic N) is 2. The molecule has 142 valence electrons. The molecular formula is C20H21FN2O4. The molecule has 27 heavy (non-hydrogen) atoms. The first-order chi connectivity index (χ1) is 13.0. The quantitative estimate of drug-likeness (QED) is 0.596. The van der Waals surface area contributed by atoms with Gasteiger partial charge >= 0.3 is 5.97 Å². The molecule has 2 aromatic rings. The van der Waals surface area contributed by atoms with E-state index in [0.717, 1.165) is 18.8 Å². The second-order valence-electron chi connectivity index (χ2n) is 6.21. The average Bonchev–Trinajstić information content (AvgIpc) is 2.67. The molecule has 6 nitrogen and oxygen atoms in total. The molecule has 0 bridgehead atoms. The molecule has 1 amide bonds. The molecular weight excluding hydrogens is 351 g/mol. The minimum atomic E-state index is -0.568. The van der Waals surface area contributed by atoms with Crippen molar-refractivity contribution in [3.63, 3.8) is 0 Å². The summed E-state index contributed by atoms with van der Waals surface area (Å²) in [6.07, 6.45) is 0. The van der Waals surface area contributed by atoms with Crippen LogP contribution in [0.4, 0.5) is 10.1 Å². The van der Waals surface area contributed by atoms with Crippen molar-refractivity contribution in [1.29, 1.82) is 0 Å². The third-order valence-corrected chi connectivity index (χ3v) is 4.31. The lowest BCUT2D eigenvalue weighted by molar-refractivity contribution is -0.136. The number of halogens is 1. The van der Waals surface area contributed by atoms with E-state index in [0.29, 0.717) is 18.8 Å². The molecule has 3 rings (SSSR count). The molecule has 1 aliphatic rings. The van der Waals surface area contributed by atoms with Gasteiger partial charge in [-0.1, -0.05) is 6.07 Å². The number of piperazine rings is 1. The molecule has 0 unspecified atom stereocenters. The minimum Gasteiger partial charge on any atom is -0.482 e. The predicted octanol–water partition coefficient (Wildman–Crippen LogP) is 2.48.